The molecule has 0 atom stereocenters. The highest BCUT2D eigenvalue weighted by Crippen LogP contribution is 2.34. The smallest absolute Gasteiger partial charge is 0.318 e. The fraction of sp³-hybridized carbons (Fsp3) is 0.318. The fourth-order valence-electron chi connectivity index (χ4n) is 4.17. The lowest BCUT2D eigenvalue weighted by atomic mass is 10.0. The maximum absolute atomic E-state index is 12.7. The molecular formula is C22H22N6O2S. The number of fused-ring (bicyclic) bond motifs is 2. The zero-order chi connectivity index (χ0) is 21.8. The largest absolute Gasteiger partial charge is 0.336 e. The number of aryl methyl sites for hydroxylation is 1. The second kappa shape index (κ2) is 6.90. The van der Waals surface area contributed by atoms with Gasteiger partial charge in [-0.25, -0.2) is 20.0 Å². The zero-order valence-corrected chi connectivity index (χ0v) is 17.9. The monoisotopic (exact) mass is 434 g/mol. The minimum Gasteiger partial charge on any atom is -0.336 e. The molecule has 1 aromatic heterocycles. The molecular weight excluding hydrogens is 412 g/mol. The molecule has 5 rings (SSSR count). The topological polar surface area (TPSA) is 96.8 Å². The van der Waals surface area contributed by atoms with Crippen molar-refractivity contribution in [2.45, 2.75) is 24.0 Å². The average molecular weight is 435 g/mol. The molecule has 0 amide bonds. The van der Waals surface area contributed by atoms with Gasteiger partial charge in [-0.2, -0.15) is 4.98 Å². The predicted molar refractivity (Wildman–Crippen MR) is 120 cm³/mol. The van der Waals surface area contributed by atoms with E-state index in [0.717, 1.165) is 27.8 Å². The van der Waals surface area contributed by atoms with Crippen LogP contribution in [0.3, 0.4) is 0 Å². The Hall–Kier alpha value is -3.22. The average Bonchev–Trinajstić information content (AvgIpc) is 2.87. The molecule has 3 heterocycles. The van der Waals surface area contributed by atoms with E-state index in [-0.39, 0.29) is 5.75 Å². The van der Waals surface area contributed by atoms with E-state index in [9.17, 15) is 8.42 Å². The summed E-state index contributed by atoms with van der Waals surface area (Å²) < 4.78 is 25.5. The van der Waals surface area contributed by atoms with Gasteiger partial charge in [0, 0.05) is 18.5 Å². The number of aromatic nitrogens is 2. The first-order valence-corrected chi connectivity index (χ1v) is 11.7. The summed E-state index contributed by atoms with van der Waals surface area (Å²) in [6.07, 6.45) is 0. The number of sulfone groups is 1. The van der Waals surface area contributed by atoms with Crippen LogP contribution in [0.15, 0.2) is 47.4 Å². The maximum Gasteiger partial charge on any atom is 0.318 e. The lowest BCUT2D eigenvalue weighted by molar-refractivity contribution is 0.405. The van der Waals surface area contributed by atoms with Crippen LogP contribution in [0.2, 0.25) is 0 Å². The third-order valence-electron chi connectivity index (χ3n) is 5.85. The van der Waals surface area contributed by atoms with E-state index in [1.807, 2.05) is 47.1 Å². The molecule has 0 bridgehead atoms. The van der Waals surface area contributed by atoms with Crippen molar-refractivity contribution in [3.05, 3.63) is 65.0 Å². The van der Waals surface area contributed by atoms with E-state index in [2.05, 4.69) is 4.85 Å². The summed E-state index contributed by atoms with van der Waals surface area (Å²) in [6, 6.07) is 13.1. The van der Waals surface area contributed by atoms with Gasteiger partial charge >= 0.3 is 5.66 Å². The van der Waals surface area contributed by atoms with Gasteiger partial charge in [-0.3, -0.25) is 10.6 Å². The molecule has 0 aliphatic carbocycles. The van der Waals surface area contributed by atoms with Gasteiger partial charge in [0.25, 0.3) is 0 Å². The Balaban J connectivity index is 1.60. The first kappa shape index (κ1) is 19.7. The number of anilines is 2. The molecule has 31 heavy (non-hydrogen) atoms. The van der Waals surface area contributed by atoms with Crippen LogP contribution in [0.1, 0.15) is 11.1 Å². The Morgan fingerprint density at radius 2 is 1.90 bits per heavy atom. The van der Waals surface area contributed by atoms with Crippen LogP contribution < -0.4 is 15.5 Å². The van der Waals surface area contributed by atoms with Crippen molar-refractivity contribution < 1.29 is 8.42 Å². The number of nitrogens with two attached hydrogens (primary N) is 1. The van der Waals surface area contributed by atoms with Crippen LogP contribution in [0.4, 0.5) is 11.8 Å². The Morgan fingerprint density at radius 1 is 1.13 bits per heavy atom. The van der Waals surface area contributed by atoms with Gasteiger partial charge in [-0.15, -0.1) is 0 Å². The normalized spacial score (nSPS) is 19.3. The second-order valence-corrected chi connectivity index (χ2v) is 10.4. The van der Waals surface area contributed by atoms with Gasteiger partial charge in [-0.1, -0.05) is 29.8 Å². The minimum atomic E-state index is -3.36. The van der Waals surface area contributed by atoms with E-state index in [4.69, 9.17) is 22.3 Å². The number of benzene rings is 2. The molecule has 2 N–H and O–H groups in total. The van der Waals surface area contributed by atoms with Gasteiger partial charge in [0.2, 0.25) is 5.95 Å². The highest BCUT2D eigenvalue weighted by molar-refractivity contribution is 7.91. The highest BCUT2D eigenvalue weighted by Gasteiger charge is 2.47. The van der Waals surface area contributed by atoms with Crippen molar-refractivity contribution in [3.63, 3.8) is 0 Å². The molecule has 8 nitrogen and oxygen atoms in total. The van der Waals surface area contributed by atoms with Crippen LogP contribution in [0.5, 0.6) is 0 Å². The number of hydrogen-bond donors (Lipinski definition) is 1. The molecule has 0 unspecified atom stereocenters. The summed E-state index contributed by atoms with van der Waals surface area (Å²) in [7, 11) is -3.36. The van der Waals surface area contributed by atoms with Crippen molar-refractivity contribution in [2.75, 3.05) is 35.2 Å². The van der Waals surface area contributed by atoms with Crippen molar-refractivity contribution in [3.8, 4) is 0 Å². The summed E-state index contributed by atoms with van der Waals surface area (Å²) >= 11 is 0. The van der Waals surface area contributed by atoms with Crippen LogP contribution >= 0.6 is 0 Å². The van der Waals surface area contributed by atoms with Crippen molar-refractivity contribution in [1.29, 1.82) is 0 Å². The predicted octanol–water partition coefficient (Wildman–Crippen LogP) is 2.13. The highest BCUT2D eigenvalue weighted by atomic mass is 32.2. The lowest BCUT2D eigenvalue weighted by Gasteiger charge is -2.39. The Labute approximate surface area is 181 Å². The lowest BCUT2D eigenvalue weighted by Crippen LogP contribution is -2.65. The molecule has 0 spiro atoms. The molecule has 2 aliphatic heterocycles. The quantitative estimate of drug-likeness (QED) is 0.617. The Bertz CT molecular complexity index is 1340. The van der Waals surface area contributed by atoms with Gasteiger partial charge in [0.1, 0.15) is 18.9 Å². The van der Waals surface area contributed by atoms with Crippen LogP contribution in [0, 0.1) is 13.5 Å². The number of rotatable bonds is 2. The molecule has 0 radical (unpaired) electrons. The molecule has 3 aromatic rings. The van der Waals surface area contributed by atoms with Crippen molar-refractivity contribution >= 4 is 32.5 Å². The molecule has 1 fully saturated rings. The van der Waals surface area contributed by atoms with Gasteiger partial charge in [0.05, 0.1) is 16.2 Å². The molecule has 158 valence electrons. The first-order chi connectivity index (χ1) is 14.8. The van der Waals surface area contributed by atoms with E-state index in [0.29, 0.717) is 37.0 Å². The molecule has 9 heteroatoms. The summed E-state index contributed by atoms with van der Waals surface area (Å²) in [6.45, 7) is 10.8. The van der Waals surface area contributed by atoms with Crippen LogP contribution in [0.25, 0.3) is 15.7 Å². The van der Waals surface area contributed by atoms with Gasteiger partial charge in [-0.05, 0) is 30.7 Å². The molecule has 2 aliphatic rings. The second-order valence-electron chi connectivity index (χ2n) is 8.29. The minimum absolute atomic E-state index is 0.00197. The van der Waals surface area contributed by atoms with Crippen LogP contribution in [-0.2, 0) is 16.4 Å². The first-order valence-electron chi connectivity index (χ1n) is 10.0. The van der Waals surface area contributed by atoms with E-state index in [1.165, 1.54) is 0 Å². The Kier molecular flexibility index (Phi) is 4.39. The zero-order valence-electron chi connectivity index (χ0n) is 17.1. The third kappa shape index (κ3) is 3.38. The molecule has 1 saturated heterocycles. The summed E-state index contributed by atoms with van der Waals surface area (Å²) in [5.74, 6) is 1.21. The molecule has 2 aromatic carbocycles. The standard InChI is InChI=1S/C22H22N6O2S/c1-15-7-8-18-17(11-15)20(28-13-22(23,14-28)24-2)26-21(25-18)27-9-10-31(29,30)19-6-4-3-5-16(19)12-27/h3-8,11H,9-10,12-14,23H2,1H3. The molecule has 0 saturated carbocycles. The summed E-state index contributed by atoms with van der Waals surface area (Å²) in [5, 5.41) is 0.902. The van der Waals surface area contributed by atoms with Gasteiger partial charge in [0.15, 0.2) is 9.84 Å². The van der Waals surface area contributed by atoms with Gasteiger partial charge < -0.3 is 9.80 Å². The third-order valence-corrected chi connectivity index (χ3v) is 7.64. The fourth-order valence-corrected chi connectivity index (χ4v) is 5.66. The summed E-state index contributed by atoms with van der Waals surface area (Å²) in [4.78, 5) is 17.4. The van der Waals surface area contributed by atoms with E-state index in [1.54, 1.807) is 12.1 Å². The van der Waals surface area contributed by atoms with Crippen molar-refractivity contribution in [2.24, 2.45) is 5.73 Å². The summed E-state index contributed by atoms with van der Waals surface area (Å²) in [5.41, 5.74) is 7.79. The van der Waals surface area contributed by atoms with Crippen LogP contribution in [-0.4, -0.2) is 49.4 Å². The van der Waals surface area contributed by atoms with E-state index < -0.39 is 15.5 Å². The Morgan fingerprint density at radius 3 is 2.68 bits per heavy atom. The number of hydrogen-bond acceptors (Lipinski definition) is 7. The SMILES string of the molecule is [C-]#[N+]C1(N)CN(c2nc(N3CCS(=O)(=O)c4ccccc4C3)nc3ccc(C)cc23)C1. The maximum atomic E-state index is 12.7. The van der Waals surface area contributed by atoms with E-state index >= 15 is 0 Å². The van der Waals surface area contributed by atoms with Crippen molar-refractivity contribution in [1.82, 2.24) is 9.97 Å². The number of nitrogens with zero attached hydrogens (tertiary/aromatic N) is 5.